The van der Waals surface area contributed by atoms with E-state index in [-0.39, 0.29) is 0 Å². The number of nitrogens with one attached hydrogen (secondary N) is 11. The van der Waals surface area contributed by atoms with Crippen LogP contribution in [-0.2, 0) is 76.7 Å². The van der Waals surface area contributed by atoms with Crippen LogP contribution in [0, 0.1) is 29.6 Å². The molecule has 0 aromatic carbocycles. The molecule has 0 aliphatic carbocycles. The molecular weight excluding hydrogens is 1060 g/mol. The van der Waals surface area contributed by atoms with Gasteiger partial charge in [-0.25, -0.2) is 0 Å². The second-order valence-electron chi connectivity index (χ2n) is 20.6. The van der Waals surface area contributed by atoms with Crippen molar-refractivity contribution in [3.63, 3.8) is 0 Å². The third kappa shape index (κ3) is 25.3. The van der Waals surface area contributed by atoms with Gasteiger partial charge in [0.05, 0.1) is 32.1 Å². The van der Waals surface area contributed by atoms with Gasteiger partial charge in [-0.1, -0.05) is 69.2 Å². The van der Waals surface area contributed by atoms with Gasteiger partial charge in [0.15, 0.2) is 0 Å². The number of carbonyl (C=O) groups excluding carboxylic acids is 16. The number of rotatable bonds is 35. The first-order chi connectivity index (χ1) is 36.8. The minimum atomic E-state index is -1.86. The average molecular weight is 1140 g/mol. The molecule has 0 unspecified atom stereocenters. The van der Waals surface area contributed by atoms with Crippen molar-refractivity contribution in [1.82, 2.24) is 58.5 Å². The number of nitrogens with two attached hydrogens (primary N) is 5. The van der Waals surface area contributed by atoms with E-state index < -0.39 is 217 Å². The summed E-state index contributed by atoms with van der Waals surface area (Å²) in [5.74, 6) is -20.0. The molecule has 0 aromatic heterocycles. The van der Waals surface area contributed by atoms with E-state index in [9.17, 15) is 76.7 Å². The number of hydrogen-bond donors (Lipinski definition) is 16. The van der Waals surface area contributed by atoms with E-state index in [0.29, 0.717) is 0 Å². The van der Waals surface area contributed by atoms with Gasteiger partial charge in [-0.2, -0.15) is 0 Å². The number of amides is 16. The Morgan fingerprint density at radius 1 is 0.263 bits per heavy atom. The van der Waals surface area contributed by atoms with Crippen LogP contribution in [-0.4, -0.2) is 162 Å². The molecule has 0 aliphatic heterocycles. The predicted molar refractivity (Wildman–Crippen MR) is 282 cm³/mol. The minimum Gasteiger partial charge on any atom is -0.370 e. The lowest BCUT2D eigenvalue weighted by molar-refractivity contribution is -0.138. The standard InChI is InChI=1S/C48H82N16O16/c1-18(2)34(55-23(11)65)44(76)57-25(14-30(50)67)40(72)62-36(20(5)6)46(78)59-27(16-32(52)69)42(74)64-38(22(9)10)48(80)60-28(17-33(53)70)43(75)63-37(21(7)8)47(79)58-26(15-31(51)68)41(73)61-35(19(3)4)45(77)56-24(13-29(49)66)39(71)54-12/h18-22,24-28,34-38H,13-17H2,1-12H3,(H2,49,66)(H2,50,67)(H2,51,68)(H2,52,69)(H2,53,70)(H,54,71)(H,55,65)(H,56,77)(H,57,76)(H,58,79)(H,59,78)(H,60,80)(H,61,73)(H,62,72)(H,63,75)(H,64,74)/t24-,25-,26-,27-,28-,34-,35-,36-,37-,38-/m0/s1. The number of carbonyl (C=O) groups is 16. The van der Waals surface area contributed by atoms with Crippen LogP contribution >= 0.6 is 0 Å². The van der Waals surface area contributed by atoms with Crippen LogP contribution in [0.1, 0.15) is 108 Å². The Kier molecular flexibility index (Phi) is 30.2. The van der Waals surface area contributed by atoms with Crippen LogP contribution in [0.2, 0.25) is 0 Å². The molecule has 0 saturated carbocycles. The van der Waals surface area contributed by atoms with Crippen molar-refractivity contribution in [2.45, 2.75) is 169 Å². The molecule has 0 radical (unpaired) electrons. The minimum absolute atomic E-state index is 0.478. The first-order valence-corrected chi connectivity index (χ1v) is 25.5. The SMILES string of the molecule is CNC(=O)[C@H](CC(N)=O)NC(=O)[C@@H](NC(=O)[C@H](CC(N)=O)NC(=O)[C@@H](NC(=O)[C@H](CC(N)=O)NC(=O)[C@@H](NC(=O)[C@H](CC(N)=O)NC(=O)[C@@H](NC(=O)[C@H](CC(N)=O)NC(=O)[C@@H](NC(C)=O)C(C)C)C(C)C)C(C)C)C(C)C)C(C)C. The highest BCUT2D eigenvalue weighted by Gasteiger charge is 2.39. The molecule has 10 atom stereocenters. The topological polar surface area (TPSA) is 536 Å². The molecule has 16 amide bonds. The third-order valence-electron chi connectivity index (χ3n) is 11.7. The van der Waals surface area contributed by atoms with Gasteiger partial charge in [0, 0.05) is 14.0 Å². The monoisotopic (exact) mass is 1140 g/mol. The fourth-order valence-corrected chi connectivity index (χ4v) is 7.44. The van der Waals surface area contributed by atoms with E-state index in [1.54, 1.807) is 13.8 Å². The zero-order valence-corrected chi connectivity index (χ0v) is 47.1. The molecule has 450 valence electrons. The summed E-state index contributed by atoms with van der Waals surface area (Å²) >= 11 is 0. The van der Waals surface area contributed by atoms with Gasteiger partial charge in [0.2, 0.25) is 94.5 Å². The normalized spacial score (nSPS) is 14.9. The maximum Gasteiger partial charge on any atom is 0.243 e. The van der Waals surface area contributed by atoms with Crippen LogP contribution in [0.4, 0.5) is 0 Å². The first kappa shape index (κ1) is 71.5. The summed E-state index contributed by atoms with van der Waals surface area (Å²) in [6, 6.07) is -15.9. The smallest absolute Gasteiger partial charge is 0.243 e. The Balaban J connectivity index is 6.66. The van der Waals surface area contributed by atoms with Crippen LogP contribution in [0.15, 0.2) is 0 Å². The molecule has 21 N–H and O–H groups in total. The van der Waals surface area contributed by atoms with Crippen molar-refractivity contribution in [2.75, 3.05) is 7.05 Å². The second-order valence-corrected chi connectivity index (χ2v) is 20.6. The summed E-state index contributed by atoms with van der Waals surface area (Å²) < 4.78 is 0. The van der Waals surface area contributed by atoms with Crippen molar-refractivity contribution < 1.29 is 76.7 Å². The van der Waals surface area contributed by atoms with Gasteiger partial charge in [-0.15, -0.1) is 0 Å². The van der Waals surface area contributed by atoms with Gasteiger partial charge in [0.25, 0.3) is 0 Å². The summed E-state index contributed by atoms with van der Waals surface area (Å²) in [5.41, 5.74) is 26.8. The van der Waals surface area contributed by atoms with E-state index >= 15 is 0 Å². The van der Waals surface area contributed by atoms with Crippen LogP contribution < -0.4 is 87.2 Å². The quantitative estimate of drug-likeness (QED) is 0.0280. The van der Waals surface area contributed by atoms with E-state index in [1.807, 2.05) is 0 Å². The molecule has 0 fully saturated rings. The Bertz CT molecular complexity index is 2330. The molecule has 0 rings (SSSR count). The molecule has 0 bridgehead atoms. The van der Waals surface area contributed by atoms with Gasteiger partial charge in [0.1, 0.15) is 60.4 Å². The van der Waals surface area contributed by atoms with E-state index in [0.717, 1.165) is 6.92 Å². The lowest BCUT2D eigenvalue weighted by Crippen LogP contribution is -2.63. The Morgan fingerprint density at radius 2 is 0.425 bits per heavy atom. The number of primary amides is 5. The van der Waals surface area contributed by atoms with Crippen molar-refractivity contribution in [2.24, 2.45) is 58.3 Å². The molecular formula is C48H82N16O16. The number of hydrogen-bond acceptors (Lipinski definition) is 16. The highest BCUT2D eigenvalue weighted by Crippen LogP contribution is 2.12. The molecule has 80 heavy (non-hydrogen) atoms. The predicted octanol–water partition coefficient (Wildman–Crippen LogP) is -7.74. The van der Waals surface area contributed by atoms with Crippen molar-refractivity contribution >= 4 is 94.5 Å². The fourth-order valence-electron chi connectivity index (χ4n) is 7.44. The molecule has 32 heteroatoms. The summed E-state index contributed by atoms with van der Waals surface area (Å²) in [6.45, 7) is 16.1. The summed E-state index contributed by atoms with van der Waals surface area (Å²) in [5, 5.41) is 25.8. The number of likely N-dealkylation sites (N-methyl/N-ethyl adjacent to an activating group) is 1. The van der Waals surface area contributed by atoms with Gasteiger partial charge in [-0.05, 0) is 29.6 Å². The molecule has 0 aliphatic rings. The zero-order valence-electron chi connectivity index (χ0n) is 47.1. The fraction of sp³-hybridized carbons (Fsp3) is 0.667. The van der Waals surface area contributed by atoms with E-state index in [1.165, 1.54) is 62.4 Å². The van der Waals surface area contributed by atoms with Gasteiger partial charge in [-0.3, -0.25) is 76.7 Å². The van der Waals surface area contributed by atoms with E-state index in [4.69, 9.17) is 28.7 Å². The summed E-state index contributed by atoms with van der Waals surface area (Å²) in [7, 11) is 1.24. The first-order valence-electron chi connectivity index (χ1n) is 25.5. The molecule has 0 saturated heterocycles. The van der Waals surface area contributed by atoms with Crippen molar-refractivity contribution in [3.05, 3.63) is 0 Å². The van der Waals surface area contributed by atoms with Crippen LogP contribution in [0.5, 0.6) is 0 Å². The van der Waals surface area contributed by atoms with Crippen molar-refractivity contribution in [1.29, 1.82) is 0 Å². The molecule has 32 nitrogen and oxygen atoms in total. The van der Waals surface area contributed by atoms with Crippen molar-refractivity contribution in [3.8, 4) is 0 Å². The Morgan fingerprint density at radius 3 is 0.562 bits per heavy atom. The van der Waals surface area contributed by atoms with Gasteiger partial charge < -0.3 is 87.2 Å². The zero-order chi connectivity index (χ0) is 62.2. The molecule has 0 spiro atoms. The lowest BCUT2D eigenvalue weighted by Gasteiger charge is -2.30. The average Bonchev–Trinajstić information content (AvgIpc) is 3.31. The largest absolute Gasteiger partial charge is 0.370 e. The molecule has 0 heterocycles. The maximum atomic E-state index is 14.0. The summed E-state index contributed by atoms with van der Waals surface area (Å²) in [6.07, 6.45) is -3.95. The Labute approximate surface area is 462 Å². The van der Waals surface area contributed by atoms with Crippen LogP contribution in [0.25, 0.3) is 0 Å². The summed E-state index contributed by atoms with van der Waals surface area (Å²) in [4.78, 5) is 208. The van der Waals surface area contributed by atoms with Crippen LogP contribution in [0.3, 0.4) is 0 Å². The Hall–Kier alpha value is -8.48. The highest BCUT2D eigenvalue weighted by atomic mass is 16.2. The highest BCUT2D eigenvalue weighted by molar-refractivity contribution is 6.01. The molecule has 0 aromatic rings. The van der Waals surface area contributed by atoms with E-state index in [2.05, 4.69) is 58.5 Å². The maximum absolute atomic E-state index is 14.0. The second kappa shape index (κ2) is 33.7. The van der Waals surface area contributed by atoms with Gasteiger partial charge >= 0.3 is 0 Å². The third-order valence-corrected chi connectivity index (χ3v) is 11.7. The lowest BCUT2D eigenvalue weighted by atomic mass is 9.99.